The molecule has 0 aliphatic carbocycles. The summed E-state index contributed by atoms with van der Waals surface area (Å²) in [5.41, 5.74) is 2.37. The lowest BCUT2D eigenvalue weighted by Crippen LogP contribution is -2.35. The van der Waals surface area contributed by atoms with E-state index in [1.807, 2.05) is 36.4 Å². The molecule has 27 heavy (non-hydrogen) atoms. The minimum absolute atomic E-state index is 0.393. The molecule has 138 valence electrons. The van der Waals surface area contributed by atoms with E-state index in [1.54, 1.807) is 18.3 Å². The molecule has 5 nitrogen and oxygen atoms in total. The highest BCUT2D eigenvalue weighted by molar-refractivity contribution is 9.10. The van der Waals surface area contributed by atoms with Crippen molar-refractivity contribution in [2.75, 3.05) is 26.3 Å². The number of carbonyl (C=O) groups is 1. The third-order valence-corrected chi connectivity index (χ3v) is 5.13. The van der Waals surface area contributed by atoms with Crippen molar-refractivity contribution in [3.63, 3.8) is 0 Å². The SMILES string of the molecule is O=C(Oc1ccc(CN2CCOCC2)c2cccnc12)c1ccc(Br)cc1. The molecule has 1 fully saturated rings. The molecule has 0 spiro atoms. The topological polar surface area (TPSA) is 51.7 Å². The van der Waals surface area contributed by atoms with Gasteiger partial charge in [0.05, 0.1) is 18.8 Å². The molecule has 2 aromatic carbocycles. The van der Waals surface area contributed by atoms with E-state index in [1.165, 1.54) is 5.56 Å². The van der Waals surface area contributed by atoms with Crippen LogP contribution in [0.15, 0.2) is 59.2 Å². The second kappa shape index (κ2) is 8.17. The second-order valence-electron chi connectivity index (χ2n) is 6.41. The van der Waals surface area contributed by atoms with Crippen molar-refractivity contribution in [2.24, 2.45) is 0 Å². The Labute approximate surface area is 166 Å². The van der Waals surface area contributed by atoms with E-state index in [9.17, 15) is 4.79 Å². The van der Waals surface area contributed by atoms with Crippen LogP contribution in [0, 0.1) is 0 Å². The Morgan fingerprint density at radius 2 is 1.89 bits per heavy atom. The molecule has 1 aromatic heterocycles. The molecule has 1 saturated heterocycles. The van der Waals surface area contributed by atoms with Crippen molar-refractivity contribution in [3.8, 4) is 5.75 Å². The van der Waals surface area contributed by atoms with Crippen LogP contribution in [0.2, 0.25) is 0 Å². The first-order chi connectivity index (χ1) is 13.2. The van der Waals surface area contributed by atoms with Gasteiger partial charge in [-0.05, 0) is 42.0 Å². The summed E-state index contributed by atoms with van der Waals surface area (Å²) in [6.07, 6.45) is 1.72. The van der Waals surface area contributed by atoms with E-state index in [2.05, 4.69) is 25.8 Å². The van der Waals surface area contributed by atoms with Crippen molar-refractivity contribution in [2.45, 2.75) is 6.54 Å². The summed E-state index contributed by atoms with van der Waals surface area (Å²) in [4.78, 5) is 19.3. The van der Waals surface area contributed by atoms with E-state index in [0.29, 0.717) is 16.8 Å². The third-order valence-electron chi connectivity index (χ3n) is 4.60. The first kappa shape index (κ1) is 18.1. The summed E-state index contributed by atoms with van der Waals surface area (Å²) in [5.74, 6) is 0.0830. The van der Waals surface area contributed by atoms with Gasteiger partial charge in [-0.1, -0.05) is 28.1 Å². The first-order valence-corrected chi connectivity index (χ1v) is 9.64. The minimum atomic E-state index is -0.393. The number of rotatable bonds is 4. The summed E-state index contributed by atoms with van der Waals surface area (Å²) in [6.45, 7) is 4.19. The Morgan fingerprint density at radius 1 is 1.11 bits per heavy atom. The van der Waals surface area contributed by atoms with Gasteiger partial charge in [0.15, 0.2) is 5.75 Å². The molecule has 0 unspecified atom stereocenters. The molecule has 0 radical (unpaired) electrons. The Kier molecular flexibility index (Phi) is 5.48. The molecule has 3 aromatic rings. The van der Waals surface area contributed by atoms with Gasteiger partial charge in [-0.2, -0.15) is 0 Å². The maximum Gasteiger partial charge on any atom is 0.343 e. The fraction of sp³-hybridized carbons (Fsp3) is 0.238. The Bertz CT molecular complexity index is 953. The molecule has 2 heterocycles. The monoisotopic (exact) mass is 426 g/mol. The number of hydrogen-bond acceptors (Lipinski definition) is 5. The van der Waals surface area contributed by atoms with Crippen LogP contribution >= 0.6 is 15.9 Å². The molecule has 4 rings (SSSR count). The quantitative estimate of drug-likeness (QED) is 0.465. The predicted octanol–water partition coefficient (Wildman–Crippen LogP) is 4.05. The largest absolute Gasteiger partial charge is 0.421 e. The molecule has 0 saturated carbocycles. The van der Waals surface area contributed by atoms with E-state index < -0.39 is 5.97 Å². The number of pyridine rings is 1. The van der Waals surface area contributed by atoms with Gasteiger partial charge >= 0.3 is 5.97 Å². The van der Waals surface area contributed by atoms with Crippen LogP contribution in [0.1, 0.15) is 15.9 Å². The first-order valence-electron chi connectivity index (χ1n) is 8.85. The number of carbonyl (C=O) groups excluding carboxylic acids is 1. The van der Waals surface area contributed by atoms with Crippen LogP contribution in [-0.2, 0) is 11.3 Å². The molecule has 1 aliphatic rings. The van der Waals surface area contributed by atoms with E-state index in [-0.39, 0.29) is 0 Å². The van der Waals surface area contributed by atoms with Crippen molar-refractivity contribution in [1.29, 1.82) is 0 Å². The zero-order valence-corrected chi connectivity index (χ0v) is 16.3. The van der Waals surface area contributed by atoms with Crippen molar-refractivity contribution < 1.29 is 14.3 Å². The van der Waals surface area contributed by atoms with Crippen LogP contribution < -0.4 is 4.74 Å². The number of fused-ring (bicyclic) bond motifs is 1. The highest BCUT2D eigenvalue weighted by Crippen LogP contribution is 2.28. The highest BCUT2D eigenvalue weighted by atomic mass is 79.9. The van der Waals surface area contributed by atoms with Crippen LogP contribution in [0.25, 0.3) is 10.9 Å². The Hall–Kier alpha value is -2.28. The number of aromatic nitrogens is 1. The smallest absolute Gasteiger partial charge is 0.343 e. The minimum Gasteiger partial charge on any atom is -0.421 e. The molecule has 0 N–H and O–H groups in total. The third kappa shape index (κ3) is 4.18. The van der Waals surface area contributed by atoms with Gasteiger partial charge in [-0.15, -0.1) is 0 Å². The molecule has 6 heteroatoms. The number of hydrogen-bond donors (Lipinski definition) is 0. The van der Waals surface area contributed by atoms with Crippen molar-refractivity contribution in [1.82, 2.24) is 9.88 Å². The van der Waals surface area contributed by atoms with Gasteiger partial charge in [0.2, 0.25) is 0 Å². The van der Waals surface area contributed by atoms with Crippen LogP contribution in [0.3, 0.4) is 0 Å². The Balaban J connectivity index is 1.61. The van der Waals surface area contributed by atoms with Gasteiger partial charge in [-0.25, -0.2) is 4.79 Å². The van der Waals surface area contributed by atoms with Crippen molar-refractivity contribution >= 4 is 32.8 Å². The van der Waals surface area contributed by atoms with Crippen molar-refractivity contribution in [3.05, 3.63) is 70.3 Å². The maximum absolute atomic E-state index is 12.5. The Morgan fingerprint density at radius 3 is 2.67 bits per heavy atom. The average Bonchev–Trinajstić information content (AvgIpc) is 2.71. The number of morpholine rings is 1. The van der Waals surface area contributed by atoms with Crippen LogP contribution in [-0.4, -0.2) is 42.2 Å². The van der Waals surface area contributed by atoms with Gasteiger partial charge in [0.25, 0.3) is 0 Å². The highest BCUT2D eigenvalue weighted by Gasteiger charge is 2.16. The van der Waals surface area contributed by atoms with Gasteiger partial charge in [0.1, 0.15) is 5.52 Å². The lowest BCUT2D eigenvalue weighted by Gasteiger charge is -2.27. The van der Waals surface area contributed by atoms with Gasteiger partial charge < -0.3 is 9.47 Å². The fourth-order valence-corrected chi connectivity index (χ4v) is 3.44. The summed E-state index contributed by atoms with van der Waals surface area (Å²) >= 11 is 3.37. The summed E-state index contributed by atoms with van der Waals surface area (Å²) < 4.78 is 12.0. The van der Waals surface area contributed by atoms with Gasteiger partial charge in [0, 0.05) is 35.7 Å². The normalized spacial score (nSPS) is 15.0. The van der Waals surface area contributed by atoms with Gasteiger partial charge in [-0.3, -0.25) is 9.88 Å². The predicted molar refractivity (Wildman–Crippen MR) is 107 cm³/mol. The summed E-state index contributed by atoms with van der Waals surface area (Å²) in [7, 11) is 0. The van der Waals surface area contributed by atoms with E-state index >= 15 is 0 Å². The zero-order valence-electron chi connectivity index (χ0n) is 14.7. The van der Waals surface area contributed by atoms with E-state index in [4.69, 9.17) is 9.47 Å². The second-order valence-corrected chi connectivity index (χ2v) is 7.32. The molecular weight excluding hydrogens is 408 g/mol. The lowest BCUT2D eigenvalue weighted by molar-refractivity contribution is 0.0343. The molecule has 1 aliphatic heterocycles. The number of benzene rings is 2. The average molecular weight is 427 g/mol. The molecular formula is C21H19BrN2O3. The number of ether oxygens (including phenoxy) is 2. The zero-order chi connectivity index (χ0) is 18.6. The fourth-order valence-electron chi connectivity index (χ4n) is 3.17. The van der Waals surface area contributed by atoms with Crippen LogP contribution in [0.5, 0.6) is 5.75 Å². The molecule has 0 atom stereocenters. The number of halogens is 1. The summed E-state index contributed by atoms with van der Waals surface area (Å²) in [5, 5.41) is 1.00. The van der Waals surface area contributed by atoms with Crippen LogP contribution in [0.4, 0.5) is 0 Å². The van der Waals surface area contributed by atoms with E-state index in [0.717, 1.165) is 42.7 Å². The summed E-state index contributed by atoms with van der Waals surface area (Å²) in [6, 6.07) is 14.9. The lowest BCUT2D eigenvalue weighted by atomic mass is 10.1. The number of nitrogens with zero attached hydrogens (tertiary/aromatic N) is 2. The number of esters is 1. The standard InChI is InChI=1S/C21H19BrN2O3/c22-17-6-3-15(4-7-17)21(25)27-19-8-5-16(14-24-10-12-26-13-11-24)18-2-1-9-23-20(18)19/h1-9H,10-14H2. The molecule has 0 bridgehead atoms. The maximum atomic E-state index is 12.5. The molecule has 0 amide bonds.